The Hall–Kier alpha value is -4.06. The standard InChI is InChI=1S/C32H31BrClN3O6S/c1-21-9-12-25(13-10-21)44(39,40)37(28-15-22(2)11-14-29(28)41-3)19-31(38)36-35-18-23-16-26(33)32(30(17-23)42-4)43-20-24-7-5-6-8-27(24)34/h5-18H,19-20H2,1-4H3,(H,36,38)/b35-18-. The van der Waals surface area contributed by atoms with Crippen molar-refractivity contribution in [3.63, 3.8) is 0 Å². The van der Waals surface area contributed by atoms with Gasteiger partial charge in [0.2, 0.25) is 0 Å². The van der Waals surface area contributed by atoms with Gasteiger partial charge in [0.05, 0.1) is 35.5 Å². The number of carbonyl (C=O) groups is 1. The number of carbonyl (C=O) groups excluding carboxylic acids is 1. The Morgan fingerprint density at radius 1 is 0.955 bits per heavy atom. The largest absolute Gasteiger partial charge is 0.495 e. The predicted molar refractivity (Wildman–Crippen MR) is 176 cm³/mol. The third-order valence-electron chi connectivity index (χ3n) is 6.48. The highest BCUT2D eigenvalue weighted by Gasteiger charge is 2.29. The maximum Gasteiger partial charge on any atom is 0.264 e. The van der Waals surface area contributed by atoms with Crippen LogP contribution in [0.3, 0.4) is 0 Å². The van der Waals surface area contributed by atoms with Crippen LogP contribution in [0.2, 0.25) is 5.02 Å². The molecule has 4 aromatic rings. The number of aryl methyl sites for hydroxylation is 2. The molecule has 1 N–H and O–H groups in total. The summed E-state index contributed by atoms with van der Waals surface area (Å²) in [6.07, 6.45) is 1.41. The van der Waals surface area contributed by atoms with E-state index in [0.29, 0.717) is 32.3 Å². The Morgan fingerprint density at radius 3 is 2.32 bits per heavy atom. The van der Waals surface area contributed by atoms with E-state index in [4.69, 9.17) is 25.8 Å². The minimum Gasteiger partial charge on any atom is -0.495 e. The summed E-state index contributed by atoms with van der Waals surface area (Å²) in [5, 5.41) is 4.65. The first-order valence-corrected chi connectivity index (χ1v) is 15.9. The zero-order valence-electron chi connectivity index (χ0n) is 24.5. The van der Waals surface area contributed by atoms with Crippen LogP contribution in [0.5, 0.6) is 17.2 Å². The van der Waals surface area contributed by atoms with E-state index in [9.17, 15) is 13.2 Å². The van der Waals surface area contributed by atoms with Crippen molar-refractivity contribution in [1.29, 1.82) is 0 Å². The molecule has 0 aliphatic rings. The third-order valence-corrected chi connectivity index (χ3v) is 9.22. The SMILES string of the molecule is COc1ccc(C)cc1N(CC(=O)N/N=C\c1cc(Br)c(OCc2ccccc2Cl)c(OC)c1)S(=O)(=O)c1ccc(C)cc1. The van der Waals surface area contributed by atoms with E-state index in [1.54, 1.807) is 48.5 Å². The van der Waals surface area contributed by atoms with Crippen molar-refractivity contribution >= 4 is 55.4 Å². The number of ether oxygens (including phenoxy) is 3. The molecule has 0 atom stereocenters. The molecule has 0 aliphatic carbocycles. The predicted octanol–water partition coefficient (Wildman–Crippen LogP) is 6.66. The van der Waals surface area contributed by atoms with E-state index in [2.05, 4.69) is 26.5 Å². The Balaban J connectivity index is 1.54. The van der Waals surface area contributed by atoms with Crippen molar-refractivity contribution in [3.8, 4) is 17.2 Å². The van der Waals surface area contributed by atoms with Crippen LogP contribution in [-0.2, 0) is 21.4 Å². The highest BCUT2D eigenvalue weighted by molar-refractivity contribution is 9.10. The second-order valence-corrected chi connectivity index (χ2v) is 12.8. The van der Waals surface area contributed by atoms with Crippen molar-refractivity contribution in [2.75, 3.05) is 25.1 Å². The lowest BCUT2D eigenvalue weighted by molar-refractivity contribution is -0.119. The molecule has 0 radical (unpaired) electrons. The molecule has 0 heterocycles. The number of nitrogens with zero attached hydrogens (tertiary/aromatic N) is 2. The molecule has 0 saturated carbocycles. The highest BCUT2D eigenvalue weighted by atomic mass is 79.9. The van der Waals surface area contributed by atoms with Crippen LogP contribution in [-0.4, -0.2) is 41.3 Å². The summed E-state index contributed by atoms with van der Waals surface area (Å²) in [6.45, 7) is 3.36. The molecular formula is C32H31BrClN3O6S. The number of methoxy groups -OCH3 is 2. The average Bonchev–Trinajstić information content (AvgIpc) is 3.00. The first kappa shape index (κ1) is 32.8. The smallest absolute Gasteiger partial charge is 0.264 e. The third kappa shape index (κ3) is 7.90. The summed E-state index contributed by atoms with van der Waals surface area (Å²) in [7, 11) is -1.20. The second-order valence-electron chi connectivity index (χ2n) is 9.71. The number of benzene rings is 4. The average molecular weight is 701 g/mol. The van der Waals surface area contributed by atoms with Crippen LogP contribution < -0.4 is 23.9 Å². The lowest BCUT2D eigenvalue weighted by Crippen LogP contribution is -2.39. The molecule has 0 aliphatic heterocycles. The van der Waals surface area contributed by atoms with Crippen LogP contribution in [0.1, 0.15) is 22.3 Å². The Bertz CT molecular complexity index is 1780. The van der Waals surface area contributed by atoms with Gasteiger partial charge in [0.1, 0.15) is 18.9 Å². The van der Waals surface area contributed by atoms with E-state index in [1.165, 1.54) is 32.6 Å². The fourth-order valence-corrected chi connectivity index (χ4v) is 6.38. The van der Waals surface area contributed by atoms with Crippen LogP contribution in [0.15, 0.2) is 93.3 Å². The van der Waals surface area contributed by atoms with Gasteiger partial charge >= 0.3 is 0 Å². The number of sulfonamides is 1. The normalized spacial score (nSPS) is 11.3. The van der Waals surface area contributed by atoms with Gasteiger partial charge in [0.25, 0.3) is 15.9 Å². The number of halogens is 2. The quantitative estimate of drug-likeness (QED) is 0.131. The first-order chi connectivity index (χ1) is 21.0. The van der Waals surface area contributed by atoms with Crippen molar-refractivity contribution < 1.29 is 27.4 Å². The number of nitrogens with one attached hydrogen (secondary N) is 1. The molecule has 1 amide bonds. The lowest BCUT2D eigenvalue weighted by atomic mass is 10.2. The molecule has 0 spiro atoms. The van der Waals surface area contributed by atoms with Gasteiger partial charge in [0, 0.05) is 10.6 Å². The van der Waals surface area contributed by atoms with Crippen LogP contribution in [0.4, 0.5) is 5.69 Å². The van der Waals surface area contributed by atoms with Crippen molar-refractivity contribution in [1.82, 2.24) is 5.43 Å². The molecule has 9 nitrogen and oxygen atoms in total. The van der Waals surface area contributed by atoms with Gasteiger partial charge in [-0.2, -0.15) is 5.10 Å². The zero-order valence-corrected chi connectivity index (χ0v) is 27.7. The summed E-state index contributed by atoms with van der Waals surface area (Å²) < 4.78 is 46.1. The lowest BCUT2D eigenvalue weighted by Gasteiger charge is -2.25. The zero-order chi connectivity index (χ0) is 31.9. The molecule has 0 aromatic heterocycles. The summed E-state index contributed by atoms with van der Waals surface area (Å²) in [5.74, 6) is 0.543. The maximum absolute atomic E-state index is 13.8. The van der Waals surface area contributed by atoms with Gasteiger partial charge < -0.3 is 14.2 Å². The van der Waals surface area contributed by atoms with Crippen molar-refractivity contribution in [2.24, 2.45) is 5.10 Å². The van der Waals surface area contributed by atoms with Gasteiger partial charge in [-0.25, -0.2) is 13.8 Å². The molecule has 0 fully saturated rings. The summed E-state index contributed by atoms with van der Waals surface area (Å²) in [5.41, 5.74) is 5.75. The topological polar surface area (TPSA) is 107 Å². The molecule has 44 heavy (non-hydrogen) atoms. The maximum atomic E-state index is 13.8. The van der Waals surface area contributed by atoms with E-state index < -0.39 is 22.5 Å². The number of amides is 1. The van der Waals surface area contributed by atoms with Gasteiger partial charge in [-0.05, 0) is 83.4 Å². The monoisotopic (exact) mass is 699 g/mol. The first-order valence-electron chi connectivity index (χ1n) is 13.3. The molecule has 230 valence electrons. The Labute approximate surface area is 270 Å². The summed E-state index contributed by atoms with van der Waals surface area (Å²) >= 11 is 9.75. The van der Waals surface area contributed by atoms with Gasteiger partial charge in [-0.15, -0.1) is 0 Å². The van der Waals surface area contributed by atoms with Crippen molar-refractivity contribution in [2.45, 2.75) is 25.3 Å². The molecule has 0 bridgehead atoms. The number of hydrogen-bond acceptors (Lipinski definition) is 7. The fraction of sp³-hybridized carbons (Fsp3) is 0.188. The van der Waals surface area contributed by atoms with Crippen LogP contribution in [0, 0.1) is 13.8 Å². The van der Waals surface area contributed by atoms with Crippen LogP contribution in [0.25, 0.3) is 0 Å². The Morgan fingerprint density at radius 2 is 1.64 bits per heavy atom. The number of anilines is 1. The minimum absolute atomic E-state index is 0.0387. The number of rotatable bonds is 12. The molecule has 4 aromatic carbocycles. The van der Waals surface area contributed by atoms with E-state index in [0.717, 1.165) is 21.0 Å². The highest BCUT2D eigenvalue weighted by Crippen LogP contribution is 2.37. The van der Waals surface area contributed by atoms with Gasteiger partial charge in [0.15, 0.2) is 11.5 Å². The van der Waals surface area contributed by atoms with Gasteiger partial charge in [-0.3, -0.25) is 9.10 Å². The van der Waals surface area contributed by atoms with Crippen molar-refractivity contribution in [3.05, 3.63) is 111 Å². The van der Waals surface area contributed by atoms with Crippen LogP contribution >= 0.6 is 27.5 Å². The van der Waals surface area contributed by atoms with E-state index >= 15 is 0 Å². The molecule has 12 heteroatoms. The second kappa shape index (κ2) is 14.6. The molecular weight excluding hydrogens is 670 g/mol. The summed E-state index contributed by atoms with van der Waals surface area (Å²) in [6, 6.07) is 22.3. The van der Waals surface area contributed by atoms with E-state index in [1.807, 2.05) is 32.0 Å². The van der Waals surface area contributed by atoms with Gasteiger partial charge in [-0.1, -0.05) is 53.6 Å². The fourth-order valence-electron chi connectivity index (χ4n) is 4.20. The number of hydrogen-bond donors (Lipinski definition) is 1. The molecule has 4 rings (SSSR count). The Kier molecular flexibility index (Phi) is 10.9. The minimum atomic E-state index is -4.14. The summed E-state index contributed by atoms with van der Waals surface area (Å²) in [4.78, 5) is 13.1. The number of hydrazone groups is 1. The molecule has 0 saturated heterocycles. The van der Waals surface area contributed by atoms with E-state index in [-0.39, 0.29) is 17.2 Å². The molecule has 0 unspecified atom stereocenters.